The number of nitrogens with one attached hydrogen (secondary N) is 2. The molecule has 1 fully saturated rings. The molecule has 20 heavy (non-hydrogen) atoms. The highest BCUT2D eigenvalue weighted by atomic mass is 16.5. The zero-order valence-corrected chi connectivity index (χ0v) is 11.9. The van der Waals surface area contributed by atoms with Crippen LogP contribution in [0.25, 0.3) is 0 Å². The van der Waals surface area contributed by atoms with Crippen molar-refractivity contribution >= 4 is 11.8 Å². The van der Waals surface area contributed by atoms with E-state index in [-0.39, 0.29) is 17.9 Å². The Kier molecular flexibility index (Phi) is 4.79. The van der Waals surface area contributed by atoms with Gasteiger partial charge in [-0.2, -0.15) is 0 Å². The molecule has 2 heterocycles. The van der Waals surface area contributed by atoms with Gasteiger partial charge in [-0.15, -0.1) is 0 Å². The lowest BCUT2D eigenvalue weighted by molar-refractivity contribution is -0.136. The highest BCUT2D eigenvalue weighted by Gasteiger charge is 2.22. The molecule has 0 radical (unpaired) electrons. The molecule has 1 aliphatic heterocycles. The van der Waals surface area contributed by atoms with Gasteiger partial charge in [0.1, 0.15) is 5.69 Å². The molecule has 1 aliphatic rings. The van der Waals surface area contributed by atoms with Crippen LogP contribution in [0.3, 0.4) is 0 Å². The lowest BCUT2D eigenvalue weighted by atomic mass is 10.2. The van der Waals surface area contributed by atoms with Crippen LogP contribution < -0.4 is 5.32 Å². The molecule has 1 aromatic rings. The van der Waals surface area contributed by atoms with Crippen LogP contribution in [0, 0.1) is 0 Å². The summed E-state index contributed by atoms with van der Waals surface area (Å²) in [5, 5.41) is 2.83. The molecule has 0 aromatic carbocycles. The number of carbonyl (C=O) groups is 2. The van der Waals surface area contributed by atoms with Gasteiger partial charge in [-0.1, -0.05) is 6.92 Å². The molecule has 0 saturated carbocycles. The standard InChI is InChI=1S/C14H21N3O3/c1-3-11-4-5-13(16-11)14(19)15-8-12-9-17(10(2)18)6-7-20-12/h4-5,12,16H,3,6-9H2,1-2H3,(H,15,19)/t12-/m0/s1. The summed E-state index contributed by atoms with van der Waals surface area (Å²) in [5.74, 6) is -0.102. The molecule has 1 saturated heterocycles. The topological polar surface area (TPSA) is 74.4 Å². The van der Waals surface area contributed by atoms with Crippen molar-refractivity contribution in [3.63, 3.8) is 0 Å². The van der Waals surface area contributed by atoms with E-state index in [1.165, 1.54) is 0 Å². The maximum atomic E-state index is 12.0. The highest BCUT2D eigenvalue weighted by Crippen LogP contribution is 2.06. The SMILES string of the molecule is CCc1ccc(C(=O)NC[C@H]2CN(C(C)=O)CCO2)[nH]1. The first-order valence-corrected chi connectivity index (χ1v) is 6.93. The number of H-pyrrole nitrogens is 1. The van der Waals surface area contributed by atoms with Crippen molar-refractivity contribution in [1.82, 2.24) is 15.2 Å². The van der Waals surface area contributed by atoms with Crippen molar-refractivity contribution in [2.24, 2.45) is 0 Å². The minimum atomic E-state index is -0.145. The predicted molar refractivity (Wildman–Crippen MR) is 74.5 cm³/mol. The first-order valence-electron chi connectivity index (χ1n) is 6.93. The first kappa shape index (κ1) is 14.6. The summed E-state index contributed by atoms with van der Waals surface area (Å²) in [5.41, 5.74) is 1.59. The minimum absolute atomic E-state index is 0.0431. The Hall–Kier alpha value is -1.82. The Balaban J connectivity index is 1.82. The van der Waals surface area contributed by atoms with Crippen molar-refractivity contribution < 1.29 is 14.3 Å². The van der Waals surface area contributed by atoms with E-state index in [9.17, 15) is 9.59 Å². The van der Waals surface area contributed by atoms with E-state index in [0.29, 0.717) is 31.9 Å². The van der Waals surface area contributed by atoms with Crippen molar-refractivity contribution in [3.8, 4) is 0 Å². The Morgan fingerprint density at radius 3 is 2.95 bits per heavy atom. The number of nitrogens with zero attached hydrogens (tertiary/aromatic N) is 1. The number of amides is 2. The van der Waals surface area contributed by atoms with Gasteiger partial charge in [0.2, 0.25) is 5.91 Å². The van der Waals surface area contributed by atoms with E-state index in [0.717, 1.165) is 12.1 Å². The Morgan fingerprint density at radius 1 is 1.50 bits per heavy atom. The highest BCUT2D eigenvalue weighted by molar-refractivity contribution is 5.92. The predicted octanol–water partition coefficient (Wildman–Crippen LogP) is 0.554. The molecule has 6 heteroatoms. The third kappa shape index (κ3) is 3.60. The smallest absolute Gasteiger partial charge is 0.267 e. The number of rotatable bonds is 4. The summed E-state index contributed by atoms with van der Waals surface area (Å²) in [6, 6.07) is 3.68. The summed E-state index contributed by atoms with van der Waals surface area (Å²) in [6.45, 7) is 5.65. The van der Waals surface area contributed by atoms with Crippen LogP contribution in [0.15, 0.2) is 12.1 Å². The first-order chi connectivity index (χ1) is 9.60. The second-order valence-electron chi connectivity index (χ2n) is 4.92. The molecule has 0 unspecified atom stereocenters. The zero-order valence-electron chi connectivity index (χ0n) is 11.9. The van der Waals surface area contributed by atoms with Crippen molar-refractivity contribution in [1.29, 1.82) is 0 Å². The molecule has 1 atom stereocenters. The van der Waals surface area contributed by atoms with E-state index in [2.05, 4.69) is 10.3 Å². The fraction of sp³-hybridized carbons (Fsp3) is 0.571. The van der Waals surface area contributed by atoms with Gasteiger partial charge >= 0.3 is 0 Å². The van der Waals surface area contributed by atoms with Crippen LogP contribution in [0.5, 0.6) is 0 Å². The number of aryl methyl sites for hydroxylation is 1. The molecule has 110 valence electrons. The van der Waals surface area contributed by atoms with Crippen LogP contribution in [0.2, 0.25) is 0 Å². The Bertz CT molecular complexity index is 484. The fourth-order valence-electron chi connectivity index (χ4n) is 2.21. The maximum Gasteiger partial charge on any atom is 0.267 e. The number of ether oxygens (including phenoxy) is 1. The summed E-state index contributed by atoms with van der Waals surface area (Å²) >= 11 is 0. The van der Waals surface area contributed by atoms with E-state index in [1.54, 1.807) is 17.9 Å². The molecule has 1 aromatic heterocycles. The lowest BCUT2D eigenvalue weighted by Crippen LogP contribution is -2.49. The molecule has 0 bridgehead atoms. The van der Waals surface area contributed by atoms with E-state index < -0.39 is 0 Å². The molecule has 0 spiro atoms. The third-order valence-corrected chi connectivity index (χ3v) is 3.45. The van der Waals surface area contributed by atoms with Crippen LogP contribution in [0.4, 0.5) is 0 Å². The van der Waals surface area contributed by atoms with Gasteiger partial charge in [0, 0.05) is 32.3 Å². The summed E-state index contributed by atoms with van der Waals surface area (Å²) in [7, 11) is 0. The number of hydrogen-bond donors (Lipinski definition) is 2. The monoisotopic (exact) mass is 279 g/mol. The molecule has 2 N–H and O–H groups in total. The number of hydrogen-bond acceptors (Lipinski definition) is 3. The number of aromatic amines is 1. The van der Waals surface area contributed by atoms with Gasteiger partial charge in [0.25, 0.3) is 5.91 Å². The number of aromatic nitrogens is 1. The fourth-order valence-corrected chi connectivity index (χ4v) is 2.21. The van der Waals surface area contributed by atoms with Gasteiger partial charge in [0.15, 0.2) is 0 Å². The Morgan fingerprint density at radius 2 is 2.30 bits per heavy atom. The molecule has 2 amide bonds. The summed E-state index contributed by atoms with van der Waals surface area (Å²) in [6.07, 6.45) is 0.726. The molecule has 6 nitrogen and oxygen atoms in total. The van der Waals surface area contributed by atoms with Gasteiger partial charge in [-0.25, -0.2) is 0 Å². The second kappa shape index (κ2) is 6.56. The second-order valence-corrected chi connectivity index (χ2v) is 4.92. The van der Waals surface area contributed by atoms with Crippen molar-refractivity contribution in [2.45, 2.75) is 26.4 Å². The Labute approximate surface area is 118 Å². The van der Waals surface area contributed by atoms with Gasteiger partial charge in [-0.05, 0) is 18.6 Å². The lowest BCUT2D eigenvalue weighted by Gasteiger charge is -2.32. The summed E-state index contributed by atoms with van der Waals surface area (Å²) < 4.78 is 5.55. The molecule has 2 rings (SSSR count). The van der Waals surface area contributed by atoms with Crippen LogP contribution in [-0.2, 0) is 16.0 Å². The number of morpholine rings is 1. The molecule has 0 aliphatic carbocycles. The van der Waals surface area contributed by atoms with E-state index in [1.807, 2.05) is 13.0 Å². The van der Waals surface area contributed by atoms with Gasteiger partial charge in [-0.3, -0.25) is 9.59 Å². The quantitative estimate of drug-likeness (QED) is 0.845. The van der Waals surface area contributed by atoms with Crippen LogP contribution in [-0.4, -0.2) is 54.0 Å². The van der Waals surface area contributed by atoms with Crippen molar-refractivity contribution in [2.75, 3.05) is 26.2 Å². The largest absolute Gasteiger partial charge is 0.373 e. The number of carbonyl (C=O) groups excluding carboxylic acids is 2. The average Bonchev–Trinajstić information content (AvgIpc) is 2.94. The summed E-state index contributed by atoms with van der Waals surface area (Å²) in [4.78, 5) is 28.1. The van der Waals surface area contributed by atoms with Crippen molar-refractivity contribution in [3.05, 3.63) is 23.5 Å². The van der Waals surface area contributed by atoms with Gasteiger partial charge in [0.05, 0.1) is 12.7 Å². The minimum Gasteiger partial charge on any atom is -0.373 e. The zero-order chi connectivity index (χ0) is 14.5. The molecular formula is C14H21N3O3. The molecular weight excluding hydrogens is 258 g/mol. The average molecular weight is 279 g/mol. The van der Waals surface area contributed by atoms with E-state index >= 15 is 0 Å². The maximum absolute atomic E-state index is 12.0. The van der Waals surface area contributed by atoms with E-state index in [4.69, 9.17) is 4.74 Å². The normalized spacial score (nSPS) is 18.9. The van der Waals surface area contributed by atoms with Gasteiger partial charge < -0.3 is 19.9 Å². The van der Waals surface area contributed by atoms with Crippen LogP contribution in [0.1, 0.15) is 30.0 Å². The third-order valence-electron chi connectivity index (χ3n) is 3.45. The van der Waals surface area contributed by atoms with Crippen LogP contribution >= 0.6 is 0 Å².